The van der Waals surface area contributed by atoms with E-state index in [4.69, 9.17) is 4.74 Å². The first-order valence-corrected chi connectivity index (χ1v) is 5.48. The number of benzene rings is 1. The van der Waals surface area contributed by atoms with E-state index < -0.39 is 0 Å². The van der Waals surface area contributed by atoms with Gasteiger partial charge >= 0.3 is 0 Å². The third kappa shape index (κ3) is 1.46. The molecule has 2 aliphatic rings. The van der Waals surface area contributed by atoms with Crippen LogP contribution in [-0.2, 0) is 11.2 Å². The minimum Gasteiger partial charge on any atom is -0.371 e. The molecule has 1 fully saturated rings. The lowest BCUT2D eigenvalue weighted by atomic mass is 9.88. The van der Waals surface area contributed by atoms with Gasteiger partial charge in [-0.15, -0.1) is 0 Å². The van der Waals surface area contributed by atoms with Gasteiger partial charge in [0.15, 0.2) is 0 Å². The Labute approximate surface area is 88.4 Å². The second-order valence-electron chi connectivity index (χ2n) is 4.20. The summed E-state index contributed by atoms with van der Waals surface area (Å²) in [6, 6.07) is 5.62. The monoisotopic (exact) mass is 207 g/mol. The van der Waals surface area contributed by atoms with Gasteiger partial charge in [0.05, 0.1) is 6.61 Å². The van der Waals surface area contributed by atoms with Crippen molar-refractivity contribution < 1.29 is 9.13 Å². The SMILES string of the molecule is Fc1cccc2c1[C@H]([C@@H]1CCN1)OCC2. The summed E-state index contributed by atoms with van der Waals surface area (Å²) in [5.74, 6) is -0.120. The van der Waals surface area contributed by atoms with Crippen LogP contribution >= 0.6 is 0 Å². The quantitative estimate of drug-likeness (QED) is 0.758. The zero-order valence-electron chi connectivity index (χ0n) is 8.50. The molecule has 2 atom stereocenters. The molecule has 3 rings (SSSR count). The molecule has 80 valence electrons. The van der Waals surface area contributed by atoms with Crippen LogP contribution in [0.5, 0.6) is 0 Å². The highest BCUT2D eigenvalue weighted by molar-refractivity contribution is 5.33. The lowest BCUT2D eigenvalue weighted by Crippen LogP contribution is -2.49. The van der Waals surface area contributed by atoms with Crippen LogP contribution in [0, 0.1) is 5.82 Å². The van der Waals surface area contributed by atoms with Gasteiger partial charge in [0.2, 0.25) is 0 Å². The third-order valence-electron chi connectivity index (χ3n) is 3.32. The van der Waals surface area contributed by atoms with E-state index in [1.165, 1.54) is 6.07 Å². The van der Waals surface area contributed by atoms with Crippen LogP contribution in [0.2, 0.25) is 0 Å². The molecule has 0 radical (unpaired) electrons. The highest BCUT2D eigenvalue weighted by Gasteiger charge is 2.34. The zero-order valence-corrected chi connectivity index (χ0v) is 8.50. The normalized spacial score (nSPS) is 29.4. The van der Waals surface area contributed by atoms with E-state index in [9.17, 15) is 4.39 Å². The second kappa shape index (κ2) is 3.58. The average Bonchev–Trinajstić information content (AvgIpc) is 2.15. The average molecular weight is 207 g/mol. The fourth-order valence-electron chi connectivity index (χ4n) is 2.38. The van der Waals surface area contributed by atoms with E-state index in [1.54, 1.807) is 6.07 Å². The van der Waals surface area contributed by atoms with Gasteiger partial charge in [-0.05, 0) is 31.0 Å². The smallest absolute Gasteiger partial charge is 0.129 e. The molecule has 3 heteroatoms. The van der Waals surface area contributed by atoms with Gasteiger partial charge in [0.1, 0.15) is 11.9 Å². The summed E-state index contributed by atoms with van der Waals surface area (Å²) in [5, 5.41) is 3.29. The molecule has 1 aromatic rings. The van der Waals surface area contributed by atoms with E-state index in [0.717, 1.165) is 30.5 Å². The van der Waals surface area contributed by atoms with Crippen molar-refractivity contribution in [2.75, 3.05) is 13.2 Å². The fraction of sp³-hybridized carbons (Fsp3) is 0.500. The van der Waals surface area contributed by atoms with Crippen molar-refractivity contribution >= 4 is 0 Å². The summed E-state index contributed by atoms with van der Waals surface area (Å²) in [6.45, 7) is 1.73. The standard InChI is InChI=1S/C12H14FNO/c13-9-3-1-2-8-5-7-15-12(11(8)9)10-4-6-14-10/h1-3,10,12,14H,4-7H2/t10-,12-/m0/s1. The maximum atomic E-state index is 13.7. The van der Waals surface area contributed by atoms with Crippen molar-refractivity contribution in [3.63, 3.8) is 0 Å². The van der Waals surface area contributed by atoms with Gasteiger partial charge in [-0.1, -0.05) is 12.1 Å². The van der Waals surface area contributed by atoms with Crippen LogP contribution in [0.3, 0.4) is 0 Å². The minimum absolute atomic E-state index is 0.0799. The van der Waals surface area contributed by atoms with Crippen LogP contribution in [0.1, 0.15) is 23.7 Å². The van der Waals surface area contributed by atoms with Gasteiger partial charge < -0.3 is 10.1 Å². The Hall–Kier alpha value is -0.930. The first-order valence-electron chi connectivity index (χ1n) is 5.48. The predicted molar refractivity (Wildman–Crippen MR) is 55.2 cm³/mol. The van der Waals surface area contributed by atoms with Crippen LogP contribution in [0.25, 0.3) is 0 Å². The van der Waals surface area contributed by atoms with E-state index in [2.05, 4.69) is 5.32 Å². The molecule has 0 amide bonds. The Morgan fingerprint density at radius 1 is 1.40 bits per heavy atom. The van der Waals surface area contributed by atoms with Crippen molar-refractivity contribution in [3.05, 3.63) is 35.1 Å². The largest absolute Gasteiger partial charge is 0.371 e. The van der Waals surface area contributed by atoms with Crippen molar-refractivity contribution in [2.24, 2.45) is 0 Å². The second-order valence-corrected chi connectivity index (χ2v) is 4.20. The molecule has 1 saturated heterocycles. The maximum absolute atomic E-state index is 13.7. The Balaban J connectivity index is 2.00. The molecule has 2 heterocycles. The fourth-order valence-corrected chi connectivity index (χ4v) is 2.38. The predicted octanol–water partition coefficient (Wildman–Crippen LogP) is 1.80. The maximum Gasteiger partial charge on any atom is 0.129 e. The number of rotatable bonds is 1. The number of hydrogen-bond donors (Lipinski definition) is 1. The van der Waals surface area contributed by atoms with Crippen molar-refractivity contribution in [3.8, 4) is 0 Å². The Morgan fingerprint density at radius 2 is 2.27 bits per heavy atom. The molecule has 2 nitrogen and oxygen atoms in total. The van der Waals surface area contributed by atoms with Crippen molar-refractivity contribution in [1.82, 2.24) is 5.32 Å². The highest BCUT2D eigenvalue weighted by Crippen LogP contribution is 2.34. The van der Waals surface area contributed by atoms with Crippen molar-refractivity contribution in [1.29, 1.82) is 0 Å². The van der Waals surface area contributed by atoms with Gasteiger partial charge in [-0.25, -0.2) is 4.39 Å². The summed E-state index contributed by atoms with van der Waals surface area (Å²) in [7, 11) is 0. The van der Waals surface area contributed by atoms with E-state index in [-0.39, 0.29) is 11.9 Å². The van der Waals surface area contributed by atoms with Gasteiger partial charge in [0, 0.05) is 11.6 Å². The Bertz CT molecular complexity index is 376. The van der Waals surface area contributed by atoms with E-state index in [0.29, 0.717) is 12.6 Å². The van der Waals surface area contributed by atoms with Crippen LogP contribution in [0.4, 0.5) is 4.39 Å². The van der Waals surface area contributed by atoms with Crippen LogP contribution in [0.15, 0.2) is 18.2 Å². The number of fused-ring (bicyclic) bond motifs is 1. The number of halogens is 1. The molecule has 2 aliphatic heterocycles. The molecule has 1 aromatic carbocycles. The molecule has 0 bridgehead atoms. The van der Waals surface area contributed by atoms with Gasteiger partial charge in [0.25, 0.3) is 0 Å². The summed E-state index contributed by atoms with van der Waals surface area (Å²) in [4.78, 5) is 0. The minimum atomic E-state index is -0.120. The Morgan fingerprint density at radius 3 is 3.00 bits per heavy atom. The van der Waals surface area contributed by atoms with E-state index >= 15 is 0 Å². The lowest BCUT2D eigenvalue weighted by molar-refractivity contribution is -0.00395. The highest BCUT2D eigenvalue weighted by atomic mass is 19.1. The Kier molecular flexibility index (Phi) is 2.22. The summed E-state index contributed by atoms with van der Waals surface area (Å²) >= 11 is 0. The first-order chi connectivity index (χ1) is 7.36. The van der Waals surface area contributed by atoms with Crippen LogP contribution < -0.4 is 5.32 Å². The summed E-state index contributed by atoms with van der Waals surface area (Å²) in [6.07, 6.45) is 1.83. The topological polar surface area (TPSA) is 21.3 Å². The summed E-state index contributed by atoms with van der Waals surface area (Å²) < 4.78 is 19.4. The van der Waals surface area contributed by atoms with Crippen LogP contribution in [-0.4, -0.2) is 19.2 Å². The lowest BCUT2D eigenvalue weighted by Gasteiger charge is -2.38. The summed E-state index contributed by atoms with van der Waals surface area (Å²) in [5.41, 5.74) is 1.89. The third-order valence-corrected chi connectivity index (χ3v) is 3.32. The molecule has 0 aromatic heterocycles. The molecule has 15 heavy (non-hydrogen) atoms. The molecule has 0 aliphatic carbocycles. The first kappa shape index (κ1) is 9.31. The molecule has 1 N–H and O–H groups in total. The number of ether oxygens (including phenoxy) is 1. The molecule has 0 saturated carbocycles. The van der Waals surface area contributed by atoms with Crippen molar-refractivity contribution in [2.45, 2.75) is 25.0 Å². The van der Waals surface area contributed by atoms with E-state index in [1.807, 2.05) is 6.07 Å². The van der Waals surface area contributed by atoms with Gasteiger partial charge in [-0.3, -0.25) is 0 Å². The molecular formula is C12H14FNO. The number of hydrogen-bond acceptors (Lipinski definition) is 2. The number of nitrogens with one attached hydrogen (secondary N) is 1. The molecular weight excluding hydrogens is 193 g/mol. The van der Waals surface area contributed by atoms with Gasteiger partial charge in [-0.2, -0.15) is 0 Å². The molecule has 0 spiro atoms. The zero-order chi connectivity index (χ0) is 10.3. The molecule has 0 unspecified atom stereocenters.